The molecular formula is C23H30N2O3S. The molecule has 1 fully saturated rings. The summed E-state index contributed by atoms with van der Waals surface area (Å²) in [6.45, 7) is 7.87. The van der Waals surface area contributed by atoms with Crippen molar-refractivity contribution in [3.05, 3.63) is 59.7 Å². The summed E-state index contributed by atoms with van der Waals surface area (Å²) in [5, 5.41) is 3.00. The molecule has 1 heterocycles. The lowest BCUT2D eigenvalue weighted by Crippen LogP contribution is -2.44. The van der Waals surface area contributed by atoms with Gasteiger partial charge in [0.1, 0.15) is 5.75 Å². The van der Waals surface area contributed by atoms with Crippen molar-refractivity contribution >= 4 is 17.7 Å². The molecule has 0 aliphatic carbocycles. The van der Waals surface area contributed by atoms with Crippen LogP contribution < -0.4 is 10.1 Å². The van der Waals surface area contributed by atoms with E-state index >= 15 is 0 Å². The Bertz CT molecular complexity index is 791. The van der Waals surface area contributed by atoms with Gasteiger partial charge in [-0.05, 0) is 43.7 Å². The molecule has 1 amide bonds. The van der Waals surface area contributed by atoms with Gasteiger partial charge in [0.05, 0.1) is 31.6 Å². The second-order valence-electron chi connectivity index (χ2n) is 7.26. The first-order valence-electron chi connectivity index (χ1n) is 10.0. The van der Waals surface area contributed by atoms with Gasteiger partial charge >= 0.3 is 0 Å². The van der Waals surface area contributed by atoms with Crippen molar-refractivity contribution < 1.29 is 14.3 Å². The van der Waals surface area contributed by atoms with E-state index in [4.69, 9.17) is 9.47 Å². The fourth-order valence-electron chi connectivity index (χ4n) is 3.48. The molecular weight excluding hydrogens is 384 g/mol. The number of benzene rings is 2. The van der Waals surface area contributed by atoms with E-state index in [9.17, 15) is 4.79 Å². The molecule has 156 valence electrons. The summed E-state index contributed by atoms with van der Waals surface area (Å²) in [6, 6.07) is 16.5. The summed E-state index contributed by atoms with van der Waals surface area (Å²) in [6.07, 6.45) is 0. The first-order chi connectivity index (χ1) is 14.1. The van der Waals surface area contributed by atoms with Gasteiger partial charge in [0.25, 0.3) is 0 Å². The minimum Gasteiger partial charge on any atom is -0.497 e. The Kier molecular flexibility index (Phi) is 7.98. The topological polar surface area (TPSA) is 50.8 Å². The molecule has 1 N–H and O–H groups in total. The number of hydrogen-bond donors (Lipinski definition) is 1. The highest BCUT2D eigenvalue weighted by molar-refractivity contribution is 8.00. The summed E-state index contributed by atoms with van der Waals surface area (Å²) in [5.74, 6) is 0.870. The van der Waals surface area contributed by atoms with Crippen LogP contribution >= 0.6 is 11.8 Å². The number of methoxy groups -OCH3 is 1. The van der Waals surface area contributed by atoms with Gasteiger partial charge in [-0.25, -0.2) is 0 Å². The summed E-state index contributed by atoms with van der Waals surface area (Å²) >= 11 is 1.56. The quantitative estimate of drug-likeness (QED) is 0.668. The van der Waals surface area contributed by atoms with E-state index in [1.54, 1.807) is 18.9 Å². The number of amides is 1. The van der Waals surface area contributed by atoms with Gasteiger partial charge < -0.3 is 14.8 Å². The minimum absolute atomic E-state index is 0.0525. The zero-order valence-electron chi connectivity index (χ0n) is 17.4. The molecule has 5 nitrogen and oxygen atoms in total. The third-order valence-electron chi connectivity index (χ3n) is 5.12. The summed E-state index contributed by atoms with van der Waals surface area (Å²) in [7, 11) is 1.65. The molecule has 2 atom stereocenters. The smallest absolute Gasteiger partial charge is 0.233 e. The molecule has 0 saturated carbocycles. The van der Waals surface area contributed by atoms with E-state index in [1.807, 2.05) is 31.2 Å². The van der Waals surface area contributed by atoms with Crippen LogP contribution in [0.3, 0.4) is 0 Å². The average molecular weight is 415 g/mol. The second-order valence-corrected chi connectivity index (χ2v) is 8.67. The molecule has 3 rings (SSSR count). The summed E-state index contributed by atoms with van der Waals surface area (Å²) < 4.78 is 10.7. The number of carbonyl (C=O) groups is 1. The third-order valence-corrected chi connectivity index (χ3v) is 6.24. The SMILES string of the molecule is COc1ccc(SC(C)C(=O)NCC(c2cccc(C)c2)N2CCOCC2)cc1. The second kappa shape index (κ2) is 10.7. The van der Waals surface area contributed by atoms with Crippen LogP contribution in [0.1, 0.15) is 24.1 Å². The number of nitrogens with one attached hydrogen (secondary N) is 1. The monoisotopic (exact) mass is 414 g/mol. The minimum atomic E-state index is -0.175. The Balaban J connectivity index is 1.62. The molecule has 1 saturated heterocycles. The van der Waals surface area contributed by atoms with Crippen LogP contribution in [0.2, 0.25) is 0 Å². The number of hydrogen-bond acceptors (Lipinski definition) is 5. The lowest BCUT2D eigenvalue weighted by atomic mass is 10.0. The first kappa shape index (κ1) is 21.7. The third kappa shape index (κ3) is 6.23. The van der Waals surface area contributed by atoms with Gasteiger partial charge in [-0.3, -0.25) is 9.69 Å². The highest BCUT2D eigenvalue weighted by Gasteiger charge is 2.24. The maximum atomic E-state index is 12.8. The molecule has 0 spiro atoms. The molecule has 6 heteroatoms. The molecule has 0 radical (unpaired) electrons. The van der Waals surface area contributed by atoms with Gasteiger partial charge in [-0.1, -0.05) is 29.8 Å². The molecule has 2 aromatic carbocycles. The van der Waals surface area contributed by atoms with E-state index in [0.29, 0.717) is 6.54 Å². The maximum Gasteiger partial charge on any atom is 0.233 e. The number of aryl methyl sites for hydroxylation is 1. The predicted octanol–water partition coefficient (Wildman–Crippen LogP) is 3.67. The van der Waals surface area contributed by atoms with Crippen LogP contribution in [-0.2, 0) is 9.53 Å². The molecule has 0 aromatic heterocycles. The molecule has 0 bridgehead atoms. The van der Waals surface area contributed by atoms with E-state index in [-0.39, 0.29) is 17.2 Å². The normalized spacial score (nSPS) is 16.8. The number of morpholine rings is 1. The first-order valence-corrected chi connectivity index (χ1v) is 10.9. The predicted molar refractivity (Wildman–Crippen MR) is 118 cm³/mol. The number of ether oxygens (including phenoxy) is 2. The van der Waals surface area contributed by atoms with Crippen molar-refractivity contribution in [3.8, 4) is 5.75 Å². The van der Waals surface area contributed by atoms with Gasteiger partial charge in [-0.15, -0.1) is 11.8 Å². The lowest BCUT2D eigenvalue weighted by Gasteiger charge is -2.35. The Morgan fingerprint density at radius 1 is 1.21 bits per heavy atom. The molecule has 2 unspecified atom stereocenters. The van der Waals surface area contributed by atoms with E-state index in [1.165, 1.54) is 11.1 Å². The number of carbonyl (C=O) groups excluding carboxylic acids is 1. The van der Waals surface area contributed by atoms with Crippen molar-refractivity contribution in [1.29, 1.82) is 0 Å². The Morgan fingerprint density at radius 3 is 2.59 bits per heavy atom. The van der Waals surface area contributed by atoms with Crippen molar-refractivity contribution in [1.82, 2.24) is 10.2 Å². The molecule has 1 aliphatic heterocycles. The maximum absolute atomic E-state index is 12.8. The van der Waals surface area contributed by atoms with Crippen molar-refractivity contribution in [2.75, 3.05) is 40.0 Å². The largest absolute Gasteiger partial charge is 0.497 e. The standard InChI is InChI=1S/C23H30N2O3S/c1-17-5-4-6-19(15-17)22(25-11-13-28-14-12-25)16-24-23(26)18(2)29-21-9-7-20(27-3)8-10-21/h4-10,15,18,22H,11-14,16H2,1-3H3,(H,24,26). The van der Waals surface area contributed by atoms with Crippen molar-refractivity contribution in [2.24, 2.45) is 0 Å². The number of rotatable bonds is 8. The lowest BCUT2D eigenvalue weighted by molar-refractivity contribution is -0.120. The zero-order chi connectivity index (χ0) is 20.6. The van der Waals surface area contributed by atoms with Crippen LogP contribution in [0.5, 0.6) is 5.75 Å². The van der Waals surface area contributed by atoms with Gasteiger partial charge in [0.15, 0.2) is 0 Å². The van der Waals surface area contributed by atoms with Gasteiger partial charge in [0.2, 0.25) is 5.91 Å². The van der Waals surface area contributed by atoms with Crippen LogP contribution in [0.4, 0.5) is 0 Å². The van der Waals surface area contributed by atoms with E-state index in [2.05, 4.69) is 41.4 Å². The Hall–Kier alpha value is -2.02. The summed E-state index contributed by atoms with van der Waals surface area (Å²) in [4.78, 5) is 16.2. The molecule has 2 aromatic rings. The fourth-order valence-corrected chi connectivity index (χ4v) is 4.37. The van der Waals surface area contributed by atoms with E-state index < -0.39 is 0 Å². The van der Waals surface area contributed by atoms with Crippen LogP contribution in [-0.4, -0.2) is 56.0 Å². The number of nitrogens with zero attached hydrogens (tertiary/aromatic N) is 1. The fraction of sp³-hybridized carbons (Fsp3) is 0.435. The molecule has 29 heavy (non-hydrogen) atoms. The van der Waals surface area contributed by atoms with Gasteiger partial charge in [0, 0.05) is 24.5 Å². The Morgan fingerprint density at radius 2 is 1.93 bits per heavy atom. The summed E-state index contributed by atoms with van der Waals surface area (Å²) in [5.41, 5.74) is 2.47. The number of thioether (sulfide) groups is 1. The average Bonchev–Trinajstić information content (AvgIpc) is 2.75. The van der Waals surface area contributed by atoms with Gasteiger partial charge in [-0.2, -0.15) is 0 Å². The molecule has 1 aliphatic rings. The zero-order valence-corrected chi connectivity index (χ0v) is 18.2. The Labute approximate surface area is 177 Å². The van der Waals surface area contributed by atoms with Crippen LogP contribution in [0.25, 0.3) is 0 Å². The van der Waals surface area contributed by atoms with Crippen LogP contribution in [0.15, 0.2) is 53.4 Å². The van der Waals surface area contributed by atoms with E-state index in [0.717, 1.165) is 36.9 Å². The van der Waals surface area contributed by atoms with Crippen molar-refractivity contribution in [2.45, 2.75) is 30.0 Å². The van der Waals surface area contributed by atoms with Crippen molar-refractivity contribution in [3.63, 3.8) is 0 Å². The van der Waals surface area contributed by atoms with Crippen LogP contribution in [0, 0.1) is 6.92 Å². The highest BCUT2D eigenvalue weighted by Crippen LogP contribution is 2.26. The highest BCUT2D eigenvalue weighted by atomic mass is 32.2.